The van der Waals surface area contributed by atoms with E-state index in [1.807, 2.05) is 13.8 Å². The second-order valence-electron chi connectivity index (χ2n) is 4.52. The molecule has 1 aromatic carbocycles. The van der Waals surface area contributed by atoms with Crippen molar-refractivity contribution in [2.45, 2.75) is 33.2 Å². The van der Waals surface area contributed by atoms with E-state index >= 15 is 0 Å². The summed E-state index contributed by atoms with van der Waals surface area (Å²) in [5.74, 6) is 0.361. The molecule has 1 N–H and O–H groups in total. The normalized spacial score (nSPS) is 10.4. The van der Waals surface area contributed by atoms with E-state index in [1.54, 1.807) is 18.2 Å². The lowest BCUT2D eigenvalue weighted by Gasteiger charge is -2.10. The van der Waals surface area contributed by atoms with Crippen LogP contribution in [0.5, 0.6) is 5.75 Å². The zero-order valence-electron chi connectivity index (χ0n) is 11.3. The van der Waals surface area contributed by atoms with Crippen molar-refractivity contribution in [3.8, 4) is 5.75 Å². The van der Waals surface area contributed by atoms with Crippen LogP contribution in [-0.4, -0.2) is 24.3 Å². The smallest absolute Gasteiger partial charge is 0.223 e. The second kappa shape index (κ2) is 7.14. The van der Waals surface area contributed by atoms with Crippen molar-refractivity contribution in [1.29, 1.82) is 0 Å². The van der Waals surface area contributed by atoms with Crippen LogP contribution in [0, 0.1) is 0 Å². The molecule has 0 aromatic heterocycles. The number of Topliss-reactive ketones (excluding diaryl/α,β-unsaturated/α-hetero) is 1. The molecule has 0 aliphatic rings. The Morgan fingerprint density at radius 3 is 2.58 bits per heavy atom. The molecule has 4 nitrogen and oxygen atoms in total. The average Bonchev–Trinajstić information content (AvgIpc) is 2.29. The molecule has 104 valence electrons. The first kappa shape index (κ1) is 15.5. The molecule has 0 saturated heterocycles. The minimum Gasteiger partial charge on any atom is -0.491 e. The van der Waals surface area contributed by atoms with Gasteiger partial charge in [-0.15, -0.1) is 0 Å². The number of halogens is 1. The number of benzene rings is 1. The fraction of sp³-hybridized carbons (Fsp3) is 0.429. The van der Waals surface area contributed by atoms with Gasteiger partial charge in [-0.3, -0.25) is 9.59 Å². The molecule has 0 fully saturated rings. The Hall–Kier alpha value is -1.55. The molecule has 0 aliphatic heterocycles. The standard InChI is InChI=1S/C14H18ClNO3/c1-9(2)16-14(18)6-7-19-13-5-4-11(10(3)17)8-12(13)15/h4-5,8-9H,6-7H2,1-3H3,(H,16,18). The van der Waals surface area contributed by atoms with Crippen LogP contribution in [0.25, 0.3) is 0 Å². The first-order valence-electron chi connectivity index (χ1n) is 6.12. The molecule has 0 saturated carbocycles. The third-order valence-electron chi connectivity index (χ3n) is 2.37. The van der Waals surface area contributed by atoms with Gasteiger partial charge in [-0.1, -0.05) is 11.6 Å². The number of nitrogens with one attached hydrogen (secondary N) is 1. The van der Waals surface area contributed by atoms with Gasteiger partial charge in [0.05, 0.1) is 18.1 Å². The molecule has 0 unspecified atom stereocenters. The Bertz CT molecular complexity index is 472. The predicted octanol–water partition coefficient (Wildman–Crippen LogP) is 2.84. The van der Waals surface area contributed by atoms with Gasteiger partial charge in [0.15, 0.2) is 5.78 Å². The highest BCUT2D eigenvalue weighted by Crippen LogP contribution is 2.25. The Kier molecular flexibility index (Phi) is 5.83. The Labute approximate surface area is 118 Å². The third-order valence-corrected chi connectivity index (χ3v) is 2.67. The van der Waals surface area contributed by atoms with E-state index in [-0.39, 0.29) is 30.8 Å². The fourth-order valence-electron chi connectivity index (χ4n) is 1.48. The maximum absolute atomic E-state index is 11.4. The summed E-state index contributed by atoms with van der Waals surface area (Å²) >= 11 is 6.00. The first-order valence-corrected chi connectivity index (χ1v) is 6.50. The van der Waals surface area contributed by atoms with Crippen LogP contribution in [0.1, 0.15) is 37.6 Å². The maximum Gasteiger partial charge on any atom is 0.223 e. The van der Waals surface area contributed by atoms with Crippen molar-refractivity contribution in [3.63, 3.8) is 0 Å². The van der Waals surface area contributed by atoms with E-state index < -0.39 is 0 Å². The molecule has 0 aliphatic carbocycles. The van der Waals surface area contributed by atoms with Gasteiger partial charge in [0, 0.05) is 11.6 Å². The van der Waals surface area contributed by atoms with E-state index in [0.29, 0.717) is 16.3 Å². The molecule has 0 spiro atoms. The van der Waals surface area contributed by atoms with Crippen LogP contribution < -0.4 is 10.1 Å². The second-order valence-corrected chi connectivity index (χ2v) is 4.93. The van der Waals surface area contributed by atoms with Crippen LogP contribution in [-0.2, 0) is 4.79 Å². The van der Waals surface area contributed by atoms with Gasteiger partial charge in [0.25, 0.3) is 0 Å². The first-order chi connectivity index (χ1) is 8.90. The molecule has 1 rings (SSSR count). The summed E-state index contributed by atoms with van der Waals surface area (Å²) in [5.41, 5.74) is 0.537. The number of hydrogen-bond acceptors (Lipinski definition) is 3. The fourth-order valence-corrected chi connectivity index (χ4v) is 1.72. The summed E-state index contributed by atoms with van der Waals surface area (Å²) in [6.07, 6.45) is 0.267. The quantitative estimate of drug-likeness (QED) is 0.817. The molecule has 1 aromatic rings. The van der Waals surface area contributed by atoms with Crippen LogP contribution in [0.3, 0.4) is 0 Å². The zero-order chi connectivity index (χ0) is 14.4. The molecule has 0 atom stereocenters. The number of ether oxygens (including phenoxy) is 1. The highest BCUT2D eigenvalue weighted by Gasteiger charge is 2.07. The van der Waals surface area contributed by atoms with E-state index in [2.05, 4.69) is 5.32 Å². The van der Waals surface area contributed by atoms with Crippen LogP contribution in [0.2, 0.25) is 5.02 Å². The van der Waals surface area contributed by atoms with E-state index in [9.17, 15) is 9.59 Å². The van der Waals surface area contributed by atoms with Gasteiger partial charge in [-0.25, -0.2) is 0 Å². The Morgan fingerprint density at radius 2 is 2.05 bits per heavy atom. The molecule has 5 heteroatoms. The van der Waals surface area contributed by atoms with Crippen LogP contribution >= 0.6 is 11.6 Å². The van der Waals surface area contributed by atoms with E-state index in [0.717, 1.165) is 0 Å². The van der Waals surface area contributed by atoms with Crippen LogP contribution in [0.4, 0.5) is 0 Å². The number of rotatable bonds is 6. The average molecular weight is 284 g/mol. The Morgan fingerprint density at radius 1 is 1.37 bits per heavy atom. The summed E-state index contributed by atoms with van der Waals surface area (Å²) in [6.45, 7) is 5.52. The van der Waals surface area contributed by atoms with Crippen molar-refractivity contribution in [1.82, 2.24) is 5.32 Å². The molecule has 0 heterocycles. The number of carbonyl (C=O) groups is 2. The monoisotopic (exact) mass is 283 g/mol. The van der Waals surface area contributed by atoms with Gasteiger partial charge in [0.2, 0.25) is 5.91 Å². The van der Waals surface area contributed by atoms with Crippen molar-refractivity contribution in [2.24, 2.45) is 0 Å². The zero-order valence-corrected chi connectivity index (χ0v) is 12.1. The van der Waals surface area contributed by atoms with Gasteiger partial charge in [-0.05, 0) is 39.0 Å². The Balaban J connectivity index is 2.50. The summed E-state index contributed by atoms with van der Waals surface area (Å²) in [5, 5.41) is 3.14. The van der Waals surface area contributed by atoms with Crippen molar-refractivity contribution in [3.05, 3.63) is 28.8 Å². The minimum absolute atomic E-state index is 0.0511. The SMILES string of the molecule is CC(=O)c1ccc(OCCC(=O)NC(C)C)c(Cl)c1. The molecule has 1 amide bonds. The van der Waals surface area contributed by atoms with Crippen molar-refractivity contribution in [2.75, 3.05) is 6.61 Å². The summed E-state index contributed by atoms with van der Waals surface area (Å²) in [4.78, 5) is 22.6. The topological polar surface area (TPSA) is 55.4 Å². The number of carbonyl (C=O) groups excluding carboxylic acids is 2. The predicted molar refractivity (Wildman–Crippen MR) is 74.8 cm³/mol. The molecule has 0 radical (unpaired) electrons. The summed E-state index contributed by atoms with van der Waals surface area (Å²) in [6, 6.07) is 4.97. The van der Waals surface area contributed by atoms with Gasteiger partial charge in [-0.2, -0.15) is 0 Å². The molecular weight excluding hydrogens is 266 g/mol. The van der Waals surface area contributed by atoms with E-state index in [4.69, 9.17) is 16.3 Å². The highest BCUT2D eigenvalue weighted by molar-refractivity contribution is 6.32. The van der Waals surface area contributed by atoms with E-state index in [1.165, 1.54) is 6.92 Å². The largest absolute Gasteiger partial charge is 0.491 e. The third kappa shape index (κ3) is 5.30. The van der Waals surface area contributed by atoms with Crippen LogP contribution in [0.15, 0.2) is 18.2 Å². The van der Waals surface area contributed by atoms with Crippen molar-refractivity contribution >= 4 is 23.3 Å². The lowest BCUT2D eigenvalue weighted by molar-refractivity contribution is -0.122. The summed E-state index contributed by atoms with van der Waals surface area (Å²) in [7, 11) is 0. The molecular formula is C14H18ClNO3. The van der Waals surface area contributed by atoms with Gasteiger partial charge in [0.1, 0.15) is 5.75 Å². The number of amides is 1. The summed E-state index contributed by atoms with van der Waals surface area (Å²) < 4.78 is 5.42. The highest BCUT2D eigenvalue weighted by atomic mass is 35.5. The number of ketones is 1. The van der Waals surface area contributed by atoms with Gasteiger partial charge < -0.3 is 10.1 Å². The maximum atomic E-state index is 11.4. The molecule has 0 bridgehead atoms. The molecule has 19 heavy (non-hydrogen) atoms. The lowest BCUT2D eigenvalue weighted by Crippen LogP contribution is -2.31. The van der Waals surface area contributed by atoms with Gasteiger partial charge >= 0.3 is 0 Å². The van der Waals surface area contributed by atoms with Crippen molar-refractivity contribution < 1.29 is 14.3 Å². The minimum atomic E-state index is -0.0634. The lowest BCUT2D eigenvalue weighted by atomic mass is 10.1. The number of hydrogen-bond donors (Lipinski definition) is 1.